The molecule has 0 N–H and O–H groups in total. The summed E-state index contributed by atoms with van der Waals surface area (Å²) in [5.41, 5.74) is 7.93. The lowest BCUT2D eigenvalue weighted by Gasteiger charge is -2.17. The zero-order valence-electron chi connectivity index (χ0n) is 19.7. The molecule has 0 saturated carbocycles. The highest BCUT2D eigenvalue weighted by Crippen LogP contribution is 2.43. The fourth-order valence-corrected chi connectivity index (χ4v) is 5.78. The molecule has 0 spiro atoms. The Labute approximate surface area is 195 Å². The molecule has 33 heavy (non-hydrogen) atoms. The Kier molecular flexibility index (Phi) is 4.95. The first kappa shape index (κ1) is 21.2. The van der Waals surface area contributed by atoms with Crippen LogP contribution < -0.4 is 9.75 Å². The van der Waals surface area contributed by atoms with Gasteiger partial charge in [-0.2, -0.15) is 0 Å². The number of hydrogen-bond acceptors (Lipinski definition) is 1. The first-order chi connectivity index (χ1) is 15.8. The number of hydrogen-bond donors (Lipinski definition) is 0. The van der Waals surface area contributed by atoms with Crippen LogP contribution in [0.1, 0.15) is 5.56 Å². The van der Waals surface area contributed by atoms with E-state index in [1.807, 2.05) is 24.3 Å². The molecule has 0 aliphatic heterocycles. The fourth-order valence-electron chi connectivity index (χ4n) is 4.62. The topological polar surface area (TPSA) is 21.4 Å². The van der Waals surface area contributed by atoms with Crippen molar-refractivity contribution in [1.82, 2.24) is 0 Å². The van der Waals surface area contributed by atoms with E-state index in [1.165, 1.54) is 16.3 Å². The Morgan fingerprint density at radius 2 is 1.70 bits per heavy atom. The van der Waals surface area contributed by atoms with Crippen LogP contribution in [0.2, 0.25) is 19.6 Å². The molecule has 5 rings (SSSR count). The van der Waals surface area contributed by atoms with Gasteiger partial charge in [0, 0.05) is 22.9 Å². The van der Waals surface area contributed by atoms with Crippen LogP contribution in [0.3, 0.4) is 0 Å². The van der Waals surface area contributed by atoms with E-state index >= 15 is 0 Å². The molecule has 0 amide bonds. The summed E-state index contributed by atoms with van der Waals surface area (Å²) in [5.74, 6) is 0. The van der Waals surface area contributed by atoms with Crippen molar-refractivity contribution in [2.75, 3.05) is 0 Å². The van der Waals surface area contributed by atoms with E-state index in [-0.39, 0.29) is 0 Å². The van der Waals surface area contributed by atoms with E-state index in [0.717, 1.165) is 38.8 Å². The van der Waals surface area contributed by atoms with E-state index in [2.05, 4.69) is 91.7 Å². The summed E-state index contributed by atoms with van der Waals surface area (Å²) < 4.78 is 8.63. The summed E-state index contributed by atoms with van der Waals surface area (Å²) in [7, 11) is 0.687. The summed E-state index contributed by atoms with van der Waals surface area (Å²) >= 11 is 0. The molecular weight excluding hydrogens is 420 g/mol. The second-order valence-electron chi connectivity index (χ2n) is 9.74. The molecule has 4 heteroatoms. The number of aromatic nitrogens is 1. The Morgan fingerprint density at radius 3 is 2.36 bits per heavy atom. The largest absolute Gasteiger partial charge is 0.456 e. The van der Waals surface area contributed by atoms with Crippen LogP contribution in [0.25, 0.3) is 49.2 Å². The molecule has 0 aliphatic carbocycles. The summed E-state index contributed by atoms with van der Waals surface area (Å²) in [4.78, 5) is 3.61. The molecule has 0 saturated heterocycles. The van der Waals surface area contributed by atoms with Crippen molar-refractivity contribution in [2.45, 2.75) is 26.6 Å². The average molecular weight is 448 g/mol. The number of aryl methyl sites for hydroxylation is 2. The highest BCUT2D eigenvalue weighted by molar-refractivity contribution is 6.88. The van der Waals surface area contributed by atoms with Gasteiger partial charge < -0.3 is 4.42 Å². The van der Waals surface area contributed by atoms with Gasteiger partial charge in [-0.1, -0.05) is 61.2 Å². The van der Waals surface area contributed by atoms with Gasteiger partial charge in [-0.3, -0.25) is 0 Å². The van der Waals surface area contributed by atoms with Crippen LogP contribution in [-0.2, 0) is 7.05 Å². The van der Waals surface area contributed by atoms with Crippen LogP contribution >= 0.6 is 0 Å². The summed E-state index contributed by atoms with van der Waals surface area (Å²) in [6, 6.07) is 23.3. The highest BCUT2D eigenvalue weighted by Gasteiger charge is 2.24. The van der Waals surface area contributed by atoms with Crippen molar-refractivity contribution >= 4 is 40.9 Å². The zero-order chi connectivity index (χ0) is 23.3. The predicted octanol–water partition coefficient (Wildman–Crippen LogP) is 7.15. The average Bonchev–Trinajstić information content (AvgIpc) is 3.17. The third-order valence-electron chi connectivity index (χ3n) is 6.43. The molecule has 5 aromatic rings. The molecule has 2 aromatic heterocycles. The predicted molar refractivity (Wildman–Crippen MR) is 140 cm³/mol. The van der Waals surface area contributed by atoms with Crippen molar-refractivity contribution in [2.24, 2.45) is 7.05 Å². The summed E-state index contributed by atoms with van der Waals surface area (Å²) in [6.07, 6.45) is 2.06. The number of benzene rings is 3. The monoisotopic (exact) mass is 447 g/mol. The minimum absolute atomic E-state index is 0.589. The third-order valence-corrected chi connectivity index (χ3v) is 8.49. The Balaban J connectivity index is 1.87. The Bertz CT molecular complexity index is 1560. The quantitative estimate of drug-likeness (QED) is 0.163. The molecule has 0 bridgehead atoms. The van der Waals surface area contributed by atoms with Gasteiger partial charge in [0.05, 0.1) is 20.2 Å². The van der Waals surface area contributed by atoms with Crippen molar-refractivity contribution in [3.63, 3.8) is 0 Å². The lowest BCUT2D eigenvalue weighted by molar-refractivity contribution is -0.660. The molecule has 0 aliphatic rings. The SMILES string of the molecule is [C-]#[N+]c1ccc2c(c1)oc1c(-c3cccc[n+]3C)c(C)cc(-c3ccc([Si](C)(C)C)cc3)c12. The molecule has 0 fully saturated rings. The molecule has 0 unspecified atom stereocenters. The van der Waals surface area contributed by atoms with Crippen molar-refractivity contribution in [3.05, 3.63) is 89.9 Å². The normalized spacial score (nSPS) is 11.8. The molecule has 0 atom stereocenters. The number of furan rings is 1. The lowest BCUT2D eigenvalue weighted by atomic mass is 9.92. The number of rotatable bonds is 3. The van der Waals surface area contributed by atoms with E-state index in [1.54, 1.807) is 0 Å². The van der Waals surface area contributed by atoms with Crippen LogP contribution in [0.5, 0.6) is 0 Å². The number of fused-ring (bicyclic) bond motifs is 3. The standard InChI is InChI=1S/C29H27N2OSi/c1-19-17-24(20-10-13-22(14-11-20)33(4,5)6)28-23-15-12-21(30-2)18-26(23)32-29(28)27(19)25-9-7-8-16-31(25)3/h7-18H,1,3-6H3/q+1. The lowest BCUT2D eigenvalue weighted by Crippen LogP contribution is -2.37. The van der Waals surface area contributed by atoms with Crippen molar-refractivity contribution < 1.29 is 8.98 Å². The van der Waals surface area contributed by atoms with Gasteiger partial charge in [-0.05, 0) is 41.8 Å². The molecule has 3 aromatic carbocycles. The minimum Gasteiger partial charge on any atom is -0.456 e. The maximum Gasteiger partial charge on any atom is 0.216 e. The van der Waals surface area contributed by atoms with Gasteiger partial charge in [-0.25, -0.2) is 9.41 Å². The van der Waals surface area contributed by atoms with Crippen molar-refractivity contribution in [3.8, 4) is 22.4 Å². The smallest absolute Gasteiger partial charge is 0.216 e. The highest BCUT2D eigenvalue weighted by atomic mass is 28.3. The van der Waals surface area contributed by atoms with Gasteiger partial charge in [0.1, 0.15) is 18.2 Å². The number of pyridine rings is 1. The fraction of sp³-hybridized carbons (Fsp3) is 0.172. The summed E-state index contributed by atoms with van der Waals surface area (Å²) in [5, 5.41) is 3.60. The first-order valence-electron chi connectivity index (χ1n) is 11.2. The van der Waals surface area contributed by atoms with Crippen molar-refractivity contribution in [1.29, 1.82) is 0 Å². The third kappa shape index (κ3) is 3.55. The Morgan fingerprint density at radius 1 is 0.939 bits per heavy atom. The second-order valence-corrected chi connectivity index (χ2v) is 14.8. The van der Waals surface area contributed by atoms with Gasteiger partial charge in [0.25, 0.3) is 0 Å². The Hall–Kier alpha value is -3.68. The number of nitrogens with zero attached hydrogens (tertiary/aromatic N) is 2. The van der Waals surface area contributed by atoms with Crippen LogP contribution in [0.4, 0.5) is 5.69 Å². The van der Waals surface area contributed by atoms with Crippen LogP contribution in [-0.4, -0.2) is 8.07 Å². The zero-order valence-corrected chi connectivity index (χ0v) is 20.7. The van der Waals surface area contributed by atoms with Gasteiger partial charge in [0.15, 0.2) is 11.9 Å². The van der Waals surface area contributed by atoms with E-state index in [9.17, 15) is 0 Å². The van der Waals surface area contributed by atoms with Gasteiger partial charge in [0.2, 0.25) is 5.69 Å². The maximum atomic E-state index is 7.42. The molecular formula is C29H27N2OSi+. The van der Waals surface area contributed by atoms with Crippen LogP contribution in [0.15, 0.2) is 77.3 Å². The maximum absolute atomic E-state index is 7.42. The van der Waals surface area contributed by atoms with E-state index < -0.39 is 8.07 Å². The van der Waals surface area contributed by atoms with Gasteiger partial charge >= 0.3 is 0 Å². The van der Waals surface area contributed by atoms with E-state index in [4.69, 9.17) is 11.0 Å². The van der Waals surface area contributed by atoms with E-state index in [0.29, 0.717) is 5.69 Å². The second kappa shape index (κ2) is 7.72. The minimum atomic E-state index is -1.37. The van der Waals surface area contributed by atoms with Crippen LogP contribution in [0, 0.1) is 13.5 Å². The first-order valence-corrected chi connectivity index (χ1v) is 14.7. The molecule has 0 radical (unpaired) electrons. The molecule has 3 nitrogen and oxygen atoms in total. The molecule has 2 heterocycles. The van der Waals surface area contributed by atoms with Gasteiger partial charge in [-0.15, -0.1) is 0 Å². The molecule has 162 valence electrons. The summed E-state index contributed by atoms with van der Waals surface area (Å²) in [6.45, 7) is 16.7.